The van der Waals surface area contributed by atoms with Gasteiger partial charge in [0.2, 0.25) is 5.88 Å². The second-order valence-corrected chi connectivity index (χ2v) is 6.07. The first-order valence-electron chi connectivity index (χ1n) is 5.72. The Morgan fingerprint density at radius 2 is 2.16 bits per heavy atom. The molecule has 96 valence electrons. The van der Waals surface area contributed by atoms with Crippen LogP contribution >= 0.6 is 27.3 Å². The van der Waals surface area contributed by atoms with Crippen LogP contribution in [-0.4, -0.2) is 5.16 Å². The van der Waals surface area contributed by atoms with Crippen molar-refractivity contribution >= 4 is 33.2 Å². The van der Waals surface area contributed by atoms with E-state index in [1.54, 1.807) is 11.3 Å². The van der Waals surface area contributed by atoms with Crippen molar-refractivity contribution in [3.63, 3.8) is 0 Å². The molecule has 1 aromatic carbocycles. The summed E-state index contributed by atoms with van der Waals surface area (Å²) in [5.41, 5.74) is 9.75. The van der Waals surface area contributed by atoms with E-state index in [0.717, 1.165) is 31.7 Å². The number of anilines is 1. The number of aryl methyl sites for hydroxylation is 1. The molecule has 0 spiro atoms. The van der Waals surface area contributed by atoms with Gasteiger partial charge in [0.25, 0.3) is 0 Å². The minimum atomic E-state index is 0.361. The molecule has 0 aliphatic rings. The van der Waals surface area contributed by atoms with Gasteiger partial charge in [-0.05, 0) is 36.1 Å². The zero-order valence-corrected chi connectivity index (χ0v) is 12.6. The van der Waals surface area contributed by atoms with Crippen molar-refractivity contribution in [3.8, 4) is 21.7 Å². The summed E-state index contributed by atoms with van der Waals surface area (Å²) in [4.78, 5) is 1.07. The van der Waals surface area contributed by atoms with E-state index in [2.05, 4.69) is 27.2 Å². The molecule has 2 heterocycles. The highest BCUT2D eigenvalue weighted by Crippen LogP contribution is 2.39. The molecule has 0 saturated heterocycles. The molecule has 0 bridgehead atoms. The number of rotatable bonds is 2. The van der Waals surface area contributed by atoms with Gasteiger partial charge < -0.3 is 10.3 Å². The van der Waals surface area contributed by atoms with E-state index in [9.17, 15) is 0 Å². The first kappa shape index (κ1) is 12.4. The van der Waals surface area contributed by atoms with E-state index in [0.29, 0.717) is 5.88 Å². The molecule has 0 radical (unpaired) electrons. The van der Waals surface area contributed by atoms with Crippen molar-refractivity contribution in [2.24, 2.45) is 0 Å². The van der Waals surface area contributed by atoms with Gasteiger partial charge in [-0.3, -0.25) is 0 Å². The second kappa shape index (κ2) is 4.83. The monoisotopic (exact) mass is 334 g/mol. The highest BCUT2D eigenvalue weighted by atomic mass is 79.9. The summed E-state index contributed by atoms with van der Waals surface area (Å²) in [6.07, 6.45) is 0. The van der Waals surface area contributed by atoms with Crippen LogP contribution in [0.4, 0.5) is 5.88 Å². The van der Waals surface area contributed by atoms with Crippen molar-refractivity contribution in [1.29, 1.82) is 0 Å². The van der Waals surface area contributed by atoms with Crippen molar-refractivity contribution in [3.05, 3.63) is 45.7 Å². The maximum Gasteiger partial charge on any atom is 0.231 e. The van der Waals surface area contributed by atoms with Gasteiger partial charge in [-0.1, -0.05) is 33.2 Å². The maximum atomic E-state index is 5.92. The van der Waals surface area contributed by atoms with Crippen molar-refractivity contribution in [2.75, 3.05) is 5.73 Å². The molecule has 19 heavy (non-hydrogen) atoms. The van der Waals surface area contributed by atoms with Crippen LogP contribution in [0.15, 0.2) is 44.7 Å². The van der Waals surface area contributed by atoms with E-state index >= 15 is 0 Å². The van der Waals surface area contributed by atoms with Crippen LogP contribution in [0, 0.1) is 6.92 Å². The number of nitrogens with zero attached hydrogens (tertiary/aromatic N) is 1. The topological polar surface area (TPSA) is 52.0 Å². The Morgan fingerprint density at radius 1 is 1.32 bits per heavy atom. The molecule has 0 saturated carbocycles. The third-order valence-electron chi connectivity index (χ3n) is 2.93. The van der Waals surface area contributed by atoms with E-state index in [-0.39, 0.29) is 0 Å². The Labute approximate surface area is 123 Å². The summed E-state index contributed by atoms with van der Waals surface area (Å²) in [7, 11) is 0. The van der Waals surface area contributed by atoms with Gasteiger partial charge >= 0.3 is 0 Å². The van der Waals surface area contributed by atoms with Crippen molar-refractivity contribution in [2.45, 2.75) is 6.92 Å². The van der Waals surface area contributed by atoms with Crippen LogP contribution in [0.3, 0.4) is 0 Å². The molecule has 0 atom stereocenters. The first-order valence-corrected chi connectivity index (χ1v) is 7.39. The molecule has 0 aliphatic carbocycles. The maximum absolute atomic E-state index is 5.92. The summed E-state index contributed by atoms with van der Waals surface area (Å²) in [6.45, 7) is 2.04. The average Bonchev–Trinajstić information content (AvgIpc) is 2.98. The molecular weight excluding hydrogens is 324 g/mol. The zero-order chi connectivity index (χ0) is 13.4. The molecule has 3 rings (SSSR count). The largest absolute Gasteiger partial charge is 0.367 e. The van der Waals surface area contributed by atoms with Crippen LogP contribution in [-0.2, 0) is 0 Å². The summed E-state index contributed by atoms with van der Waals surface area (Å²) in [6, 6.07) is 10.1. The molecule has 3 aromatic rings. The molecule has 3 nitrogen and oxygen atoms in total. The SMILES string of the molecule is Cc1cc(Br)ccc1-c1noc(N)c1-c1cccs1. The lowest BCUT2D eigenvalue weighted by molar-refractivity contribution is 0.439. The fourth-order valence-corrected chi connectivity index (χ4v) is 3.29. The molecule has 0 fully saturated rings. The Kier molecular flexibility index (Phi) is 3.16. The average molecular weight is 335 g/mol. The Hall–Kier alpha value is -1.59. The highest BCUT2D eigenvalue weighted by Gasteiger charge is 2.19. The van der Waals surface area contributed by atoms with Gasteiger partial charge in [-0.2, -0.15) is 0 Å². The Balaban J connectivity index is 2.21. The van der Waals surface area contributed by atoms with Crippen LogP contribution in [0.1, 0.15) is 5.56 Å². The number of hydrogen-bond acceptors (Lipinski definition) is 4. The van der Waals surface area contributed by atoms with Gasteiger partial charge in [0.1, 0.15) is 5.69 Å². The number of hydrogen-bond donors (Lipinski definition) is 1. The highest BCUT2D eigenvalue weighted by molar-refractivity contribution is 9.10. The van der Waals surface area contributed by atoms with Crippen molar-refractivity contribution < 1.29 is 4.52 Å². The lowest BCUT2D eigenvalue weighted by Crippen LogP contribution is -1.88. The summed E-state index contributed by atoms with van der Waals surface area (Å²) >= 11 is 5.09. The summed E-state index contributed by atoms with van der Waals surface area (Å²) in [5.74, 6) is 0.361. The molecule has 2 N–H and O–H groups in total. The van der Waals surface area contributed by atoms with Gasteiger partial charge in [0.15, 0.2) is 0 Å². The smallest absolute Gasteiger partial charge is 0.231 e. The van der Waals surface area contributed by atoms with E-state index in [1.165, 1.54) is 0 Å². The third-order valence-corrected chi connectivity index (χ3v) is 4.31. The lowest BCUT2D eigenvalue weighted by atomic mass is 10.0. The molecule has 0 amide bonds. The minimum Gasteiger partial charge on any atom is -0.367 e. The van der Waals surface area contributed by atoms with Crippen LogP contribution in [0.25, 0.3) is 21.7 Å². The second-order valence-electron chi connectivity index (χ2n) is 4.21. The number of aromatic nitrogens is 1. The predicted octanol–water partition coefficient (Wildman–Crippen LogP) is 4.72. The number of benzene rings is 1. The minimum absolute atomic E-state index is 0.361. The molecule has 5 heteroatoms. The molecule has 2 aromatic heterocycles. The number of nitrogen functional groups attached to an aromatic ring is 1. The van der Waals surface area contributed by atoms with Gasteiger partial charge in [-0.25, -0.2) is 0 Å². The van der Waals surface area contributed by atoms with E-state index < -0.39 is 0 Å². The van der Waals surface area contributed by atoms with Crippen LogP contribution in [0.5, 0.6) is 0 Å². The normalized spacial score (nSPS) is 10.8. The predicted molar refractivity (Wildman–Crippen MR) is 82.1 cm³/mol. The fraction of sp³-hybridized carbons (Fsp3) is 0.0714. The van der Waals surface area contributed by atoms with Crippen LogP contribution < -0.4 is 5.73 Å². The fourth-order valence-electron chi connectivity index (χ4n) is 2.04. The summed E-state index contributed by atoms with van der Waals surface area (Å²) < 4.78 is 6.23. The Morgan fingerprint density at radius 3 is 2.84 bits per heavy atom. The lowest BCUT2D eigenvalue weighted by Gasteiger charge is -2.04. The third kappa shape index (κ3) is 2.19. The number of thiophene rings is 1. The molecular formula is C14H11BrN2OS. The van der Waals surface area contributed by atoms with E-state index in [4.69, 9.17) is 10.3 Å². The first-order chi connectivity index (χ1) is 9.16. The quantitative estimate of drug-likeness (QED) is 0.737. The Bertz CT molecular complexity index is 719. The number of halogens is 1. The van der Waals surface area contributed by atoms with E-state index in [1.807, 2.05) is 36.6 Å². The molecule has 0 unspecified atom stereocenters. The van der Waals surface area contributed by atoms with Crippen molar-refractivity contribution in [1.82, 2.24) is 5.16 Å². The van der Waals surface area contributed by atoms with Gasteiger partial charge in [-0.15, -0.1) is 11.3 Å². The number of nitrogens with two attached hydrogens (primary N) is 1. The zero-order valence-electron chi connectivity index (χ0n) is 10.2. The van der Waals surface area contributed by atoms with Gasteiger partial charge in [0.05, 0.1) is 5.56 Å². The van der Waals surface area contributed by atoms with Crippen LogP contribution in [0.2, 0.25) is 0 Å². The molecule has 0 aliphatic heterocycles. The summed E-state index contributed by atoms with van der Waals surface area (Å²) in [5, 5.41) is 6.14. The standard InChI is InChI=1S/C14H11BrN2OS/c1-8-7-9(15)4-5-10(8)13-12(14(16)18-17-13)11-3-2-6-19-11/h2-7H,16H2,1H3. The van der Waals surface area contributed by atoms with Gasteiger partial charge in [0, 0.05) is 14.9 Å².